The molecule has 1 saturated heterocycles. The molecule has 12 heavy (non-hydrogen) atoms. The van der Waals surface area contributed by atoms with Crippen LogP contribution in [-0.2, 0) is 18.9 Å². The fraction of sp³-hybridized carbons (Fsp3) is 1.00. The Labute approximate surface area is 72.7 Å². The van der Waals surface area contributed by atoms with E-state index in [2.05, 4.69) is 0 Å². The van der Waals surface area contributed by atoms with Gasteiger partial charge in [0.1, 0.15) is 0 Å². The van der Waals surface area contributed by atoms with Crippen molar-refractivity contribution in [3.8, 4) is 0 Å². The van der Waals surface area contributed by atoms with Crippen LogP contribution >= 0.6 is 0 Å². The Morgan fingerprint density at radius 3 is 1.67 bits per heavy atom. The lowest BCUT2D eigenvalue weighted by Crippen LogP contribution is -2.43. The van der Waals surface area contributed by atoms with Crippen molar-refractivity contribution in [1.82, 2.24) is 0 Å². The van der Waals surface area contributed by atoms with Crippen molar-refractivity contribution >= 4 is 0 Å². The normalized spacial score (nSPS) is 29.0. The monoisotopic (exact) mass is 176 g/mol. The summed E-state index contributed by atoms with van der Waals surface area (Å²) in [6.07, 6.45) is 0. The van der Waals surface area contributed by atoms with E-state index >= 15 is 0 Å². The lowest BCUT2D eigenvalue weighted by atomic mass is 10.3. The van der Waals surface area contributed by atoms with E-state index in [1.54, 1.807) is 0 Å². The van der Waals surface area contributed by atoms with Crippen LogP contribution in [0.1, 0.15) is 27.7 Å². The molecular weight excluding hydrogens is 160 g/mol. The zero-order valence-corrected chi connectivity index (χ0v) is 8.05. The van der Waals surface area contributed by atoms with Crippen molar-refractivity contribution in [3.63, 3.8) is 0 Å². The van der Waals surface area contributed by atoms with Crippen LogP contribution in [0, 0.1) is 0 Å². The van der Waals surface area contributed by atoms with Crippen molar-refractivity contribution in [3.05, 3.63) is 0 Å². The molecule has 0 aliphatic carbocycles. The summed E-state index contributed by atoms with van der Waals surface area (Å²) < 4.78 is 21.1. The minimum atomic E-state index is -0.663. The summed E-state index contributed by atoms with van der Waals surface area (Å²) in [7, 11) is 0. The summed E-state index contributed by atoms with van der Waals surface area (Å²) in [6, 6.07) is 0. The predicted octanol–water partition coefficient (Wildman–Crippen LogP) is 1.45. The average molecular weight is 176 g/mol. The molecule has 72 valence electrons. The van der Waals surface area contributed by atoms with Gasteiger partial charge in [-0.15, -0.1) is 0 Å². The number of hydrogen-bond acceptors (Lipinski definition) is 4. The first kappa shape index (κ1) is 9.92. The van der Waals surface area contributed by atoms with Gasteiger partial charge < -0.3 is 18.9 Å². The SMILES string of the molecule is CC1(C)OCOCOC(C)(C)O1. The highest BCUT2D eigenvalue weighted by molar-refractivity contribution is 4.62. The lowest BCUT2D eigenvalue weighted by molar-refractivity contribution is -0.393. The highest BCUT2D eigenvalue weighted by atomic mass is 16.9. The Balaban J connectivity index is 2.58. The van der Waals surface area contributed by atoms with Gasteiger partial charge in [0, 0.05) is 0 Å². The molecule has 1 aliphatic heterocycles. The molecule has 0 radical (unpaired) electrons. The molecule has 1 aliphatic rings. The smallest absolute Gasteiger partial charge is 0.169 e. The van der Waals surface area contributed by atoms with Crippen LogP contribution < -0.4 is 0 Å². The second-order valence-electron chi connectivity index (χ2n) is 3.63. The van der Waals surface area contributed by atoms with Crippen molar-refractivity contribution in [2.24, 2.45) is 0 Å². The summed E-state index contributed by atoms with van der Waals surface area (Å²) in [5.74, 6) is -1.33. The lowest BCUT2D eigenvalue weighted by Gasteiger charge is -2.37. The topological polar surface area (TPSA) is 36.9 Å². The van der Waals surface area contributed by atoms with Crippen LogP contribution in [0.2, 0.25) is 0 Å². The predicted molar refractivity (Wildman–Crippen MR) is 42.2 cm³/mol. The maximum Gasteiger partial charge on any atom is 0.169 e. The van der Waals surface area contributed by atoms with E-state index in [0.717, 1.165) is 0 Å². The second-order valence-corrected chi connectivity index (χ2v) is 3.63. The molecule has 0 unspecified atom stereocenters. The minimum absolute atomic E-state index is 0.197. The zero-order valence-electron chi connectivity index (χ0n) is 8.05. The summed E-state index contributed by atoms with van der Waals surface area (Å²) in [5.41, 5.74) is 0. The van der Waals surface area contributed by atoms with E-state index < -0.39 is 11.6 Å². The molecule has 0 aromatic rings. The van der Waals surface area contributed by atoms with E-state index in [4.69, 9.17) is 18.9 Å². The van der Waals surface area contributed by atoms with Crippen LogP contribution in [0.25, 0.3) is 0 Å². The Hall–Kier alpha value is -0.160. The van der Waals surface area contributed by atoms with Gasteiger partial charge in [0.2, 0.25) is 0 Å². The fourth-order valence-electron chi connectivity index (χ4n) is 1.05. The van der Waals surface area contributed by atoms with E-state index in [9.17, 15) is 0 Å². The highest BCUT2D eigenvalue weighted by Gasteiger charge is 2.32. The van der Waals surface area contributed by atoms with Crippen LogP contribution in [0.15, 0.2) is 0 Å². The van der Waals surface area contributed by atoms with Gasteiger partial charge in [0.25, 0.3) is 0 Å². The molecule has 0 aromatic carbocycles. The third kappa shape index (κ3) is 3.06. The fourth-order valence-corrected chi connectivity index (χ4v) is 1.05. The number of ether oxygens (including phenoxy) is 4. The Bertz CT molecular complexity index is 137. The van der Waals surface area contributed by atoms with Gasteiger partial charge in [-0.1, -0.05) is 0 Å². The first-order chi connectivity index (χ1) is 5.41. The van der Waals surface area contributed by atoms with E-state index in [-0.39, 0.29) is 13.6 Å². The van der Waals surface area contributed by atoms with Crippen molar-refractivity contribution < 1.29 is 18.9 Å². The van der Waals surface area contributed by atoms with E-state index in [1.807, 2.05) is 27.7 Å². The summed E-state index contributed by atoms with van der Waals surface area (Å²) in [6.45, 7) is 7.70. The molecule has 0 atom stereocenters. The molecule has 0 aromatic heterocycles. The van der Waals surface area contributed by atoms with Crippen LogP contribution in [0.3, 0.4) is 0 Å². The molecular formula is C8H16O4. The summed E-state index contributed by atoms with van der Waals surface area (Å²) in [4.78, 5) is 0. The van der Waals surface area contributed by atoms with E-state index in [1.165, 1.54) is 0 Å². The van der Waals surface area contributed by atoms with Gasteiger partial charge in [-0.05, 0) is 27.7 Å². The number of rotatable bonds is 0. The third-order valence-corrected chi connectivity index (χ3v) is 1.47. The molecule has 0 saturated carbocycles. The Morgan fingerprint density at radius 1 is 0.833 bits per heavy atom. The van der Waals surface area contributed by atoms with Crippen LogP contribution in [0.5, 0.6) is 0 Å². The third-order valence-electron chi connectivity index (χ3n) is 1.47. The summed E-state index contributed by atoms with van der Waals surface area (Å²) >= 11 is 0. The first-order valence-electron chi connectivity index (χ1n) is 3.97. The number of hydrogen-bond donors (Lipinski definition) is 0. The molecule has 4 heteroatoms. The largest absolute Gasteiger partial charge is 0.329 e. The van der Waals surface area contributed by atoms with Gasteiger partial charge in [0.05, 0.1) is 0 Å². The molecule has 0 amide bonds. The zero-order chi connectivity index (χ0) is 9.24. The van der Waals surface area contributed by atoms with Crippen LogP contribution in [-0.4, -0.2) is 25.2 Å². The molecule has 1 heterocycles. The second kappa shape index (κ2) is 3.30. The summed E-state index contributed by atoms with van der Waals surface area (Å²) in [5, 5.41) is 0. The highest BCUT2D eigenvalue weighted by Crippen LogP contribution is 2.24. The standard InChI is InChI=1S/C8H16O4/c1-7(2)10-5-9-6-11-8(3,4)12-7/h5-6H2,1-4H3. The first-order valence-corrected chi connectivity index (χ1v) is 3.97. The molecule has 1 rings (SSSR count). The van der Waals surface area contributed by atoms with Gasteiger partial charge in [-0.25, -0.2) is 0 Å². The Morgan fingerprint density at radius 2 is 1.25 bits per heavy atom. The van der Waals surface area contributed by atoms with E-state index in [0.29, 0.717) is 0 Å². The average Bonchev–Trinajstić information content (AvgIpc) is 1.80. The quantitative estimate of drug-likeness (QED) is 0.560. The maximum atomic E-state index is 5.54. The molecule has 0 N–H and O–H groups in total. The molecule has 4 nitrogen and oxygen atoms in total. The van der Waals surface area contributed by atoms with Crippen LogP contribution in [0.4, 0.5) is 0 Å². The van der Waals surface area contributed by atoms with Gasteiger partial charge >= 0.3 is 0 Å². The van der Waals surface area contributed by atoms with Crippen molar-refractivity contribution in [1.29, 1.82) is 0 Å². The van der Waals surface area contributed by atoms with Crippen molar-refractivity contribution in [2.45, 2.75) is 39.3 Å². The van der Waals surface area contributed by atoms with Gasteiger partial charge in [0.15, 0.2) is 25.2 Å². The Kier molecular flexibility index (Phi) is 2.73. The molecule has 1 fully saturated rings. The minimum Gasteiger partial charge on any atom is -0.329 e. The van der Waals surface area contributed by atoms with Crippen molar-refractivity contribution in [2.75, 3.05) is 13.6 Å². The maximum absolute atomic E-state index is 5.54. The molecule has 0 spiro atoms. The van der Waals surface area contributed by atoms with Gasteiger partial charge in [-0.3, -0.25) is 0 Å². The molecule has 0 bridgehead atoms. The van der Waals surface area contributed by atoms with Gasteiger partial charge in [-0.2, -0.15) is 0 Å².